The van der Waals surface area contributed by atoms with E-state index in [9.17, 15) is 0 Å². The van der Waals surface area contributed by atoms with E-state index in [1.807, 2.05) is 11.3 Å². The molecule has 0 aromatic carbocycles. The highest BCUT2D eigenvalue weighted by Crippen LogP contribution is 2.19. The number of hydrogen-bond donors (Lipinski definition) is 2. The first-order valence-electron chi connectivity index (χ1n) is 7.11. The Morgan fingerprint density at radius 2 is 1.72 bits per heavy atom. The minimum absolute atomic E-state index is 0.576. The number of aryl methyl sites for hydroxylation is 1. The van der Waals surface area contributed by atoms with Crippen molar-refractivity contribution in [3.8, 4) is 0 Å². The fraction of sp³-hybridized carbons (Fsp3) is 0.733. The van der Waals surface area contributed by atoms with Gasteiger partial charge in [0, 0.05) is 15.4 Å². The number of rotatable bonds is 10. The average Bonchev–Trinajstić information content (AvgIpc) is 2.82. The van der Waals surface area contributed by atoms with Gasteiger partial charge in [0.1, 0.15) is 0 Å². The zero-order chi connectivity index (χ0) is 13.2. The molecule has 0 spiro atoms. The Balaban J connectivity index is 1.98. The second-order valence-corrected chi connectivity index (χ2v) is 7.49. The van der Waals surface area contributed by atoms with E-state index >= 15 is 0 Å². The van der Waals surface area contributed by atoms with E-state index in [4.69, 9.17) is 12.6 Å². The van der Waals surface area contributed by atoms with E-state index in [2.05, 4.69) is 37.1 Å². The average molecular weight is 303 g/mol. The molecule has 0 N–H and O–H groups in total. The minimum Gasteiger partial charge on any atom is -0.176 e. The van der Waals surface area contributed by atoms with Crippen molar-refractivity contribution in [1.82, 2.24) is 0 Å². The second kappa shape index (κ2) is 10.2. The molecular formula is C15H26S3. The molecule has 2 unspecified atom stereocenters. The highest BCUT2D eigenvalue weighted by Gasteiger charge is 2.06. The number of thiophene rings is 1. The lowest BCUT2D eigenvalue weighted by Crippen LogP contribution is -2.03. The predicted octanol–water partition coefficient (Wildman–Crippen LogP) is 5.64. The van der Waals surface area contributed by atoms with Gasteiger partial charge in [0.15, 0.2) is 0 Å². The van der Waals surface area contributed by atoms with Gasteiger partial charge in [-0.15, -0.1) is 11.3 Å². The quantitative estimate of drug-likeness (QED) is 0.514. The van der Waals surface area contributed by atoms with E-state index in [1.165, 1.54) is 56.2 Å². The van der Waals surface area contributed by atoms with Gasteiger partial charge < -0.3 is 0 Å². The van der Waals surface area contributed by atoms with Crippen molar-refractivity contribution in [3.63, 3.8) is 0 Å². The topological polar surface area (TPSA) is 0 Å². The maximum absolute atomic E-state index is 4.69. The van der Waals surface area contributed by atoms with Gasteiger partial charge in [-0.3, -0.25) is 0 Å². The summed E-state index contributed by atoms with van der Waals surface area (Å²) in [6.07, 6.45) is 10.0. The molecule has 1 aromatic rings. The van der Waals surface area contributed by atoms with Crippen molar-refractivity contribution in [2.24, 2.45) is 0 Å². The molecular weight excluding hydrogens is 276 g/mol. The Bertz CT molecular complexity index is 282. The third kappa shape index (κ3) is 7.75. The molecule has 3 heteroatoms. The number of thiol groups is 2. The summed E-state index contributed by atoms with van der Waals surface area (Å²) in [6.45, 7) is 2.23. The first-order chi connectivity index (χ1) is 8.72. The Morgan fingerprint density at radius 1 is 1.06 bits per heavy atom. The Kier molecular flexibility index (Phi) is 9.34. The first-order valence-corrected chi connectivity index (χ1v) is 9.02. The van der Waals surface area contributed by atoms with Gasteiger partial charge in [-0.25, -0.2) is 0 Å². The summed E-state index contributed by atoms with van der Waals surface area (Å²) in [5.74, 6) is 0. The Labute approximate surface area is 127 Å². The molecule has 0 radical (unpaired) electrons. The molecule has 2 atom stereocenters. The molecule has 1 aromatic heterocycles. The van der Waals surface area contributed by atoms with Crippen LogP contribution in [0.2, 0.25) is 0 Å². The van der Waals surface area contributed by atoms with Crippen LogP contribution in [0.5, 0.6) is 0 Å². The smallest absolute Gasteiger partial charge is 0.00452 e. The van der Waals surface area contributed by atoms with Crippen LogP contribution in [0.25, 0.3) is 0 Å². The van der Waals surface area contributed by atoms with Gasteiger partial charge in [-0.2, -0.15) is 25.3 Å². The van der Waals surface area contributed by atoms with Crippen molar-refractivity contribution in [3.05, 3.63) is 22.4 Å². The lowest BCUT2D eigenvalue weighted by molar-refractivity contribution is 0.585. The molecule has 18 heavy (non-hydrogen) atoms. The van der Waals surface area contributed by atoms with Crippen LogP contribution in [0.3, 0.4) is 0 Å². The third-order valence-corrected chi connectivity index (χ3v) is 5.21. The molecule has 0 aliphatic carbocycles. The van der Waals surface area contributed by atoms with Crippen LogP contribution in [0.1, 0.15) is 56.7 Å². The molecule has 1 rings (SSSR count). The van der Waals surface area contributed by atoms with Crippen molar-refractivity contribution in [2.45, 2.75) is 68.8 Å². The summed E-state index contributed by atoms with van der Waals surface area (Å²) < 4.78 is 0. The first kappa shape index (κ1) is 16.5. The van der Waals surface area contributed by atoms with Crippen LogP contribution in [-0.2, 0) is 6.42 Å². The maximum Gasteiger partial charge on any atom is 0.00452 e. The van der Waals surface area contributed by atoms with E-state index < -0.39 is 0 Å². The number of hydrogen-bond acceptors (Lipinski definition) is 3. The monoisotopic (exact) mass is 302 g/mol. The molecule has 0 aliphatic rings. The van der Waals surface area contributed by atoms with Gasteiger partial charge in [0.25, 0.3) is 0 Å². The molecule has 104 valence electrons. The van der Waals surface area contributed by atoms with E-state index in [-0.39, 0.29) is 0 Å². The second-order valence-electron chi connectivity index (χ2n) is 5.00. The van der Waals surface area contributed by atoms with Crippen molar-refractivity contribution < 1.29 is 0 Å². The summed E-state index contributed by atoms with van der Waals surface area (Å²) in [4.78, 5) is 1.51. The summed E-state index contributed by atoms with van der Waals surface area (Å²) >= 11 is 11.2. The Morgan fingerprint density at radius 3 is 2.33 bits per heavy atom. The van der Waals surface area contributed by atoms with Crippen LogP contribution in [-0.4, -0.2) is 10.5 Å². The zero-order valence-corrected chi connectivity index (χ0v) is 14.0. The van der Waals surface area contributed by atoms with Crippen LogP contribution in [0.4, 0.5) is 0 Å². The molecule has 1 heterocycles. The van der Waals surface area contributed by atoms with Gasteiger partial charge in [-0.1, -0.05) is 25.8 Å². The van der Waals surface area contributed by atoms with E-state index in [0.717, 1.165) is 0 Å². The van der Waals surface area contributed by atoms with E-state index in [0.29, 0.717) is 10.5 Å². The molecule has 0 nitrogen and oxygen atoms in total. The third-order valence-electron chi connectivity index (χ3n) is 3.24. The molecule has 0 amide bonds. The van der Waals surface area contributed by atoms with Crippen molar-refractivity contribution >= 4 is 36.6 Å². The van der Waals surface area contributed by atoms with Gasteiger partial charge in [0.2, 0.25) is 0 Å². The predicted molar refractivity (Wildman–Crippen MR) is 91.6 cm³/mol. The van der Waals surface area contributed by atoms with Crippen molar-refractivity contribution in [1.29, 1.82) is 0 Å². The van der Waals surface area contributed by atoms with Gasteiger partial charge >= 0.3 is 0 Å². The molecule has 0 fully saturated rings. The van der Waals surface area contributed by atoms with Crippen LogP contribution < -0.4 is 0 Å². The molecule has 0 bridgehead atoms. The fourth-order valence-electron chi connectivity index (χ4n) is 2.18. The summed E-state index contributed by atoms with van der Waals surface area (Å²) in [5, 5.41) is 3.34. The van der Waals surface area contributed by atoms with Crippen LogP contribution >= 0.6 is 36.6 Å². The van der Waals surface area contributed by atoms with E-state index in [1.54, 1.807) is 0 Å². The molecule has 0 saturated heterocycles. The Hall–Kier alpha value is 0.400. The summed E-state index contributed by atoms with van der Waals surface area (Å²) in [6, 6.07) is 4.37. The maximum atomic E-state index is 4.69. The van der Waals surface area contributed by atoms with Gasteiger partial charge in [0.05, 0.1) is 0 Å². The van der Waals surface area contributed by atoms with Crippen LogP contribution in [0.15, 0.2) is 17.5 Å². The molecule has 0 saturated carbocycles. The standard InChI is InChI=1S/C15H26S3/c1-2-6-13(16)7-3-8-14(17)9-4-10-15-11-5-12-18-15/h5,11-14,16-17H,2-4,6-10H2,1H3. The highest BCUT2D eigenvalue weighted by molar-refractivity contribution is 7.81. The van der Waals surface area contributed by atoms with Gasteiger partial charge in [-0.05, 0) is 50.0 Å². The highest BCUT2D eigenvalue weighted by atomic mass is 32.1. The van der Waals surface area contributed by atoms with Crippen molar-refractivity contribution in [2.75, 3.05) is 0 Å². The lowest BCUT2D eigenvalue weighted by Gasteiger charge is -2.12. The lowest BCUT2D eigenvalue weighted by atomic mass is 10.1. The summed E-state index contributed by atoms with van der Waals surface area (Å²) in [5.41, 5.74) is 0. The van der Waals surface area contributed by atoms with Crippen LogP contribution in [0, 0.1) is 0 Å². The molecule has 0 aliphatic heterocycles. The normalized spacial score (nSPS) is 14.6. The largest absolute Gasteiger partial charge is 0.176 e. The minimum atomic E-state index is 0.576. The fourth-order valence-corrected chi connectivity index (χ4v) is 3.73. The zero-order valence-electron chi connectivity index (χ0n) is 11.3. The SMILES string of the molecule is CCCC(S)CCCC(S)CCCc1cccs1. The summed E-state index contributed by atoms with van der Waals surface area (Å²) in [7, 11) is 0.